The largest absolute Gasteiger partial charge is 0.401 e. The number of aromatic amines is 1. The zero-order chi connectivity index (χ0) is 13.8. The van der Waals surface area contributed by atoms with E-state index in [0.29, 0.717) is 5.82 Å². The fourth-order valence-electron chi connectivity index (χ4n) is 1.52. The Labute approximate surface area is 111 Å². The molecular weight excluding hydrogens is 244 g/mol. The molecule has 0 spiro atoms. The van der Waals surface area contributed by atoms with E-state index in [1.54, 1.807) is 24.3 Å². The molecule has 2 aromatic rings. The van der Waals surface area contributed by atoms with Crippen LogP contribution in [0.1, 0.15) is 30.0 Å². The van der Waals surface area contributed by atoms with E-state index in [0.717, 1.165) is 5.69 Å². The van der Waals surface area contributed by atoms with Crippen molar-refractivity contribution in [2.45, 2.75) is 26.8 Å². The van der Waals surface area contributed by atoms with Crippen LogP contribution in [-0.4, -0.2) is 27.2 Å². The maximum atomic E-state index is 11.9. The number of esters is 1. The van der Waals surface area contributed by atoms with Crippen molar-refractivity contribution in [3.8, 4) is 5.88 Å². The molecule has 100 valence electrons. The number of anilines is 1. The molecule has 0 bridgehead atoms. The van der Waals surface area contributed by atoms with E-state index < -0.39 is 5.97 Å². The minimum Gasteiger partial charge on any atom is -0.401 e. The molecule has 0 saturated heterocycles. The summed E-state index contributed by atoms with van der Waals surface area (Å²) in [6.07, 6.45) is 0. The monoisotopic (exact) mass is 260 g/mol. The Kier molecular flexibility index (Phi) is 3.79. The smallest absolute Gasteiger partial charge is 0.363 e. The third-order valence-electron chi connectivity index (χ3n) is 2.27. The lowest BCUT2D eigenvalue weighted by molar-refractivity contribution is 0.0721. The number of carbonyl (C=O) groups is 1. The van der Waals surface area contributed by atoms with Crippen LogP contribution in [0.25, 0.3) is 0 Å². The summed E-state index contributed by atoms with van der Waals surface area (Å²) in [6, 6.07) is 7.05. The van der Waals surface area contributed by atoms with Gasteiger partial charge in [0.1, 0.15) is 5.82 Å². The van der Waals surface area contributed by atoms with Gasteiger partial charge in [0.05, 0.1) is 0 Å². The van der Waals surface area contributed by atoms with Gasteiger partial charge in [0, 0.05) is 17.8 Å². The second kappa shape index (κ2) is 5.51. The lowest BCUT2D eigenvalue weighted by Crippen LogP contribution is -2.15. The van der Waals surface area contributed by atoms with Crippen LogP contribution in [-0.2, 0) is 0 Å². The molecule has 2 aromatic heterocycles. The van der Waals surface area contributed by atoms with Crippen molar-refractivity contribution in [3.05, 3.63) is 35.7 Å². The van der Waals surface area contributed by atoms with Crippen molar-refractivity contribution >= 4 is 11.8 Å². The summed E-state index contributed by atoms with van der Waals surface area (Å²) >= 11 is 0. The highest BCUT2D eigenvalue weighted by atomic mass is 16.5. The first kappa shape index (κ1) is 13.1. The van der Waals surface area contributed by atoms with Crippen LogP contribution in [0.2, 0.25) is 0 Å². The Morgan fingerprint density at radius 1 is 1.42 bits per heavy atom. The third kappa shape index (κ3) is 3.54. The first-order valence-electron chi connectivity index (χ1n) is 6.02. The van der Waals surface area contributed by atoms with E-state index in [2.05, 4.69) is 20.5 Å². The highest BCUT2D eigenvalue weighted by Gasteiger charge is 2.12. The molecule has 6 nitrogen and oxygen atoms in total. The SMILES string of the molecule is Cc1cc(OC(=O)c2cccc(NC(C)C)n2)n[nH]1. The number of hydrogen-bond donors (Lipinski definition) is 2. The number of H-pyrrole nitrogens is 1. The van der Waals surface area contributed by atoms with E-state index in [-0.39, 0.29) is 17.6 Å². The molecule has 0 radical (unpaired) electrons. The fourth-order valence-corrected chi connectivity index (χ4v) is 1.52. The van der Waals surface area contributed by atoms with Crippen molar-refractivity contribution in [1.29, 1.82) is 0 Å². The first-order valence-corrected chi connectivity index (χ1v) is 6.02. The molecule has 0 aliphatic rings. The second-order valence-corrected chi connectivity index (χ2v) is 4.49. The third-order valence-corrected chi connectivity index (χ3v) is 2.27. The Bertz CT molecular complexity index is 578. The van der Waals surface area contributed by atoms with Crippen molar-refractivity contribution in [1.82, 2.24) is 15.2 Å². The van der Waals surface area contributed by atoms with Gasteiger partial charge >= 0.3 is 5.97 Å². The van der Waals surface area contributed by atoms with Crippen LogP contribution in [0.15, 0.2) is 24.3 Å². The molecule has 0 unspecified atom stereocenters. The number of rotatable bonds is 4. The molecule has 6 heteroatoms. The standard InChI is InChI=1S/C13H16N4O2/c1-8(2)14-11-6-4-5-10(15-11)13(18)19-12-7-9(3)16-17-12/h4-8H,1-3H3,(H,14,15)(H,16,17). The number of carbonyl (C=O) groups excluding carboxylic acids is 1. The van der Waals surface area contributed by atoms with Crippen LogP contribution in [0.3, 0.4) is 0 Å². The molecule has 0 aliphatic carbocycles. The molecule has 0 atom stereocenters. The molecule has 2 N–H and O–H groups in total. The lowest BCUT2D eigenvalue weighted by atomic mass is 10.3. The molecule has 0 amide bonds. The number of nitrogens with zero attached hydrogens (tertiary/aromatic N) is 2. The number of aromatic nitrogens is 3. The van der Waals surface area contributed by atoms with Gasteiger partial charge in [-0.05, 0) is 32.9 Å². The number of hydrogen-bond acceptors (Lipinski definition) is 5. The summed E-state index contributed by atoms with van der Waals surface area (Å²) in [5.41, 5.74) is 1.07. The molecule has 19 heavy (non-hydrogen) atoms. The van der Waals surface area contributed by atoms with Crippen LogP contribution < -0.4 is 10.1 Å². The Hall–Kier alpha value is -2.37. The molecule has 2 heterocycles. The Balaban J connectivity index is 2.10. The fraction of sp³-hybridized carbons (Fsp3) is 0.308. The van der Waals surface area contributed by atoms with Gasteiger partial charge in [-0.15, -0.1) is 5.10 Å². The van der Waals surface area contributed by atoms with Gasteiger partial charge in [-0.3, -0.25) is 5.10 Å². The van der Waals surface area contributed by atoms with Crippen molar-refractivity contribution in [2.24, 2.45) is 0 Å². The molecule has 2 rings (SSSR count). The van der Waals surface area contributed by atoms with E-state index in [1.165, 1.54) is 0 Å². The predicted molar refractivity (Wildman–Crippen MR) is 71.3 cm³/mol. The summed E-state index contributed by atoms with van der Waals surface area (Å²) in [5, 5.41) is 9.67. The van der Waals surface area contributed by atoms with Crippen molar-refractivity contribution in [2.75, 3.05) is 5.32 Å². The average molecular weight is 260 g/mol. The van der Waals surface area contributed by atoms with Gasteiger partial charge in [0.15, 0.2) is 5.69 Å². The van der Waals surface area contributed by atoms with Crippen molar-refractivity contribution in [3.63, 3.8) is 0 Å². The summed E-state index contributed by atoms with van der Waals surface area (Å²) in [5.74, 6) is 0.355. The highest BCUT2D eigenvalue weighted by molar-refractivity contribution is 5.89. The van der Waals surface area contributed by atoms with Gasteiger partial charge in [0.25, 0.3) is 0 Å². The minimum absolute atomic E-state index is 0.242. The van der Waals surface area contributed by atoms with E-state index in [1.807, 2.05) is 20.8 Å². The predicted octanol–water partition coefficient (Wildman–Crippen LogP) is 2.15. The number of ether oxygens (including phenoxy) is 1. The zero-order valence-electron chi connectivity index (χ0n) is 11.1. The molecule has 0 aromatic carbocycles. The first-order chi connectivity index (χ1) is 9.04. The number of pyridine rings is 1. The summed E-state index contributed by atoms with van der Waals surface area (Å²) in [6.45, 7) is 5.83. The van der Waals surface area contributed by atoms with Crippen LogP contribution in [0, 0.1) is 6.92 Å². The molecule has 0 aliphatic heterocycles. The topological polar surface area (TPSA) is 79.9 Å². The summed E-state index contributed by atoms with van der Waals surface area (Å²) in [4.78, 5) is 16.1. The van der Waals surface area contributed by atoms with Crippen LogP contribution in [0.4, 0.5) is 5.82 Å². The highest BCUT2D eigenvalue weighted by Crippen LogP contribution is 2.11. The minimum atomic E-state index is -0.529. The zero-order valence-corrected chi connectivity index (χ0v) is 11.1. The van der Waals surface area contributed by atoms with E-state index in [4.69, 9.17) is 4.74 Å². The van der Waals surface area contributed by atoms with E-state index >= 15 is 0 Å². The molecule has 0 fully saturated rings. The van der Waals surface area contributed by atoms with Gasteiger partial charge < -0.3 is 10.1 Å². The van der Waals surface area contributed by atoms with Crippen molar-refractivity contribution < 1.29 is 9.53 Å². The number of nitrogens with one attached hydrogen (secondary N) is 2. The molecular formula is C13H16N4O2. The molecule has 0 saturated carbocycles. The maximum Gasteiger partial charge on any atom is 0.363 e. The number of aryl methyl sites for hydroxylation is 1. The summed E-state index contributed by atoms with van der Waals surface area (Å²) < 4.78 is 5.11. The normalized spacial score (nSPS) is 10.5. The Morgan fingerprint density at radius 2 is 2.21 bits per heavy atom. The van der Waals surface area contributed by atoms with E-state index in [9.17, 15) is 4.79 Å². The van der Waals surface area contributed by atoms with Gasteiger partial charge in [-0.25, -0.2) is 9.78 Å². The summed E-state index contributed by atoms with van der Waals surface area (Å²) in [7, 11) is 0. The van der Waals surface area contributed by atoms with Gasteiger partial charge in [-0.1, -0.05) is 6.07 Å². The lowest BCUT2D eigenvalue weighted by Gasteiger charge is -2.09. The quantitative estimate of drug-likeness (QED) is 0.823. The second-order valence-electron chi connectivity index (χ2n) is 4.49. The van der Waals surface area contributed by atoms with Crippen LogP contribution >= 0.6 is 0 Å². The van der Waals surface area contributed by atoms with Gasteiger partial charge in [-0.2, -0.15) is 0 Å². The van der Waals surface area contributed by atoms with Gasteiger partial charge in [0.2, 0.25) is 5.88 Å². The van der Waals surface area contributed by atoms with Crippen LogP contribution in [0.5, 0.6) is 5.88 Å². The average Bonchev–Trinajstić information content (AvgIpc) is 2.74. The maximum absolute atomic E-state index is 11.9. The Morgan fingerprint density at radius 3 is 2.84 bits per heavy atom.